The van der Waals surface area contributed by atoms with Crippen molar-refractivity contribution in [3.8, 4) is 0 Å². The summed E-state index contributed by atoms with van der Waals surface area (Å²) in [4.78, 5) is 8.54. The summed E-state index contributed by atoms with van der Waals surface area (Å²) in [5, 5.41) is 8.91. The molecule has 0 saturated carbocycles. The van der Waals surface area contributed by atoms with Gasteiger partial charge in [-0.3, -0.25) is 9.97 Å². The average molecular weight is 180 g/mol. The third-order valence-electron chi connectivity index (χ3n) is 1.97. The second kappa shape index (κ2) is 3.42. The van der Waals surface area contributed by atoms with Gasteiger partial charge in [-0.05, 0) is 6.92 Å². The first-order valence-electron chi connectivity index (χ1n) is 4.39. The molecule has 0 aromatic carbocycles. The van der Waals surface area contributed by atoms with Crippen LogP contribution >= 0.6 is 0 Å². The first-order valence-corrected chi connectivity index (χ1v) is 4.39. The van der Waals surface area contributed by atoms with Crippen molar-refractivity contribution in [1.29, 1.82) is 0 Å². The Bertz CT molecular complexity index is 302. The molecule has 1 N–H and O–H groups in total. The fraction of sp³-hybridized carbons (Fsp3) is 0.600. The van der Waals surface area contributed by atoms with Crippen LogP contribution in [-0.4, -0.2) is 15.1 Å². The molecule has 0 atom stereocenters. The van der Waals surface area contributed by atoms with Crippen LogP contribution < -0.4 is 0 Å². The minimum atomic E-state index is -0.0384. The predicted octanol–water partition coefficient (Wildman–Crippen LogP) is 1.57. The molecule has 0 aliphatic rings. The lowest BCUT2D eigenvalue weighted by molar-refractivity contribution is 0.275. The molecule has 3 heteroatoms. The molecule has 0 aliphatic carbocycles. The average Bonchev–Trinajstić information content (AvgIpc) is 2.02. The quantitative estimate of drug-likeness (QED) is 0.713. The molecule has 3 nitrogen and oxygen atoms in total. The molecule has 1 heterocycles. The Morgan fingerprint density at radius 1 is 1.38 bits per heavy atom. The number of nitrogens with zero attached hydrogens (tertiary/aromatic N) is 2. The molecule has 0 radical (unpaired) electrons. The second-order valence-electron chi connectivity index (χ2n) is 4.20. The first kappa shape index (κ1) is 10.1. The topological polar surface area (TPSA) is 46.0 Å². The van der Waals surface area contributed by atoms with Gasteiger partial charge in [0.05, 0.1) is 23.7 Å². The van der Waals surface area contributed by atoms with Crippen LogP contribution in [0.3, 0.4) is 0 Å². The Morgan fingerprint density at radius 3 is 2.38 bits per heavy atom. The second-order valence-corrected chi connectivity index (χ2v) is 4.20. The first-order chi connectivity index (χ1) is 5.95. The molecule has 0 saturated heterocycles. The van der Waals surface area contributed by atoms with E-state index < -0.39 is 0 Å². The highest BCUT2D eigenvalue weighted by molar-refractivity contribution is 5.16. The van der Waals surface area contributed by atoms with Crippen molar-refractivity contribution in [2.24, 2.45) is 0 Å². The molecular weight excluding hydrogens is 164 g/mol. The lowest BCUT2D eigenvalue weighted by Gasteiger charge is -2.17. The SMILES string of the molecule is Cc1nc(C(C)(C)C)cnc1CO. The Hall–Kier alpha value is -0.960. The van der Waals surface area contributed by atoms with Gasteiger partial charge >= 0.3 is 0 Å². The van der Waals surface area contributed by atoms with Gasteiger partial charge in [-0.15, -0.1) is 0 Å². The van der Waals surface area contributed by atoms with Crippen LogP contribution in [0, 0.1) is 6.92 Å². The van der Waals surface area contributed by atoms with Crippen molar-refractivity contribution in [3.05, 3.63) is 23.3 Å². The maximum absolute atomic E-state index is 8.91. The summed E-state index contributed by atoms with van der Waals surface area (Å²) in [6, 6.07) is 0. The Kier molecular flexibility index (Phi) is 2.66. The lowest BCUT2D eigenvalue weighted by Crippen LogP contribution is -2.15. The van der Waals surface area contributed by atoms with Gasteiger partial charge in [0.15, 0.2) is 0 Å². The van der Waals surface area contributed by atoms with Crippen LogP contribution in [0.25, 0.3) is 0 Å². The third kappa shape index (κ3) is 2.25. The van der Waals surface area contributed by atoms with E-state index in [-0.39, 0.29) is 12.0 Å². The van der Waals surface area contributed by atoms with E-state index in [9.17, 15) is 0 Å². The number of hydrogen-bond donors (Lipinski definition) is 1. The summed E-state index contributed by atoms with van der Waals surface area (Å²) in [5.41, 5.74) is 2.45. The highest BCUT2D eigenvalue weighted by Gasteiger charge is 2.16. The van der Waals surface area contributed by atoms with Crippen molar-refractivity contribution in [1.82, 2.24) is 9.97 Å². The summed E-state index contributed by atoms with van der Waals surface area (Å²) >= 11 is 0. The standard InChI is InChI=1S/C10H16N2O/c1-7-8(6-13)11-5-9(12-7)10(2,3)4/h5,13H,6H2,1-4H3. The Labute approximate surface area is 78.9 Å². The van der Waals surface area contributed by atoms with E-state index in [1.165, 1.54) is 0 Å². The van der Waals surface area contributed by atoms with E-state index in [0.717, 1.165) is 11.4 Å². The van der Waals surface area contributed by atoms with E-state index in [2.05, 4.69) is 30.7 Å². The van der Waals surface area contributed by atoms with Crippen molar-refractivity contribution in [3.63, 3.8) is 0 Å². The number of aliphatic hydroxyl groups is 1. The summed E-state index contributed by atoms with van der Waals surface area (Å²) in [5.74, 6) is 0. The molecule has 0 amide bonds. The smallest absolute Gasteiger partial charge is 0.0871 e. The molecule has 1 aromatic rings. The van der Waals surface area contributed by atoms with Crippen molar-refractivity contribution in [2.75, 3.05) is 0 Å². The zero-order valence-corrected chi connectivity index (χ0v) is 8.63. The molecule has 0 spiro atoms. The van der Waals surface area contributed by atoms with E-state index in [1.807, 2.05) is 6.92 Å². The molecule has 0 aliphatic heterocycles. The molecule has 72 valence electrons. The zero-order chi connectivity index (χ0) is 10.1. The number of rotatable bonds is 1. The molecule has 0 bridgehead atoms. The molecular formula is C10H16N2O. The van der Waals surface area contributed by atoms with E-state index in [4.69, 9.17) is 5.11 Å². The molecule has 0 unspecified atom stereocenters. The van der Waals surface area contributed by atoms with Crippen LogP contribution in [0.5, 0.6) is 0 Å². The van der Waals surface area contributed by atoms with Crippen LogP contribution in [-0.2, 0) is 12.0 Å². The zero-order valence-electron chi connectivity index (χ0n) is 8.63. The van der Waals surface area contributed by atoms with Gasteiger partial charge in [0.1, 0.15) is 0 Å². The van der Waals surface area contributed by atoms with Crippen molar-refractivity contribution < 1.29 is 5.11 Å². The molecule has 0 fully saturated rings. The van der Waals surface area contributed by atoms with E-state index in [1.54, 1.807) is 6.20 Å². The summed E-state index contributed by atoms with van der Waals surface area (Å²) in [6.07, 6.45) is 1.73. The fourth-order valence-electron chi connectivity index (χ4n) is 1.02. The maximum atomic E-state index is 8.91. The van der Waals surface area contributed by atoms with Gasteiger partial charge in [0.2, 0.25) is 0 Å². The molecule has 13 heavy (non-hydrogen) atoms. The minimum absolute atomic E-state index is 0.0196. The number of hydrogen-bond acceptors (Lipinski definition) is 3. The van der Waals surface area contributed by atoms with Crippen molar-refractivity contribution >= 4 is 0 Å². The van der Waals surface area contributed by atoms with Crippen LogP contribution in [0.15, 0.2) is 6.20 Å². The lowest BCUT2D eigenvalue weighted by atomic mass is 9.92. The fourth-order valence-corrected chi connectivity index (χ4v) is 1.02. The van der Waals surface area contributed by atoms with Crippen LogP contribution in [0.2, 0.25) is 0 Å². The molecule has 1 rings (SSSR count). The Balaban J connectivity index is 3.10. The van der Waals surface area contributed by atoms with Gasteiger partial charge in [-0.1, -0.05) is 20.8 Å². The normalized spacial score (nSPS) is 11.8. The Morgan fingerprint density at radius 2 is 2.00 bits per heavy atom. The van der Waals surface area contributed by atoms with Gasteiger partial charge in [-0.25, -0.2) is 0 Å². The molecule has 1 aromatic heterocycles. The number of aryl methyl sites for hydroxylation is 1. The summed E-state index contributed by atoms with van der Waals surface area (Å²) in [6.45, 7) is 8.11. The third-order valence-corrected chi connectivity index (χ3v) is 1.97. The highest BCUT2D eigenvalue weighted by atomic mass is 16.3. The van der Waals surface area contributed by atoms with Crippen LogP contribution in [0.1, 0.15) is 37.9 Å². The number of aromatic nitrogens is 2. The van der Waals surface area contributed by atoms with Crippen LogP contribution in [0.4, 0.5) is 0 Å². The highest BCUT2D eigenvalue weighted by Crippen LogP contribution is 2.19. The van der Waals surface area contributed by atoms with Gasteiger partial charge in [0, 0.05) is 11.6 Å². The summed E-state index contributed by atoms with van der Waals surface area (Å²) in [7, 11) is 0. The maximum Gasteiger partial charge on any atom is 0.0871 e. The van der Waals surface area contributed by atoms with Gasteiger partial charge in [0.25, 0.3) is 0 Å². The van der Waals surface area contributed by atoms with Crippen molar-refractivity contribution in [2.45, 2.75) is 39.7 Å². The van der Waals surface area contributed by atoms with E-state index in [0.29, 0.717) is 5.69 Å². The number of aliphatic hydroxyl groups excluding tert-OH is 1. The van der Waals surface area contributed by atoms with Gasteiger partial charge in [-0.2, -0.15) is 0 Å². The van der Waals surface area contributed by atoms with E-state index >= 15 is 0 Å². The monoisotopic (exact) mass is 180 g/mol. The largest absolute Gasteiger partial charge is 0.390 e. The predicted molar refractivity (Wildman–Crippen MR) is 51.4 cm³/mol. The summed E-state index contributed by atoms with van der Waals surface area (Å²) < 4.78 is 0. The van der Waals surface area contributed by atoms with Gasteiger partial charge < -0.3 is 5.11 Å². The minimum Gasteiger partial charge on any atom is -0.390 e.